The summed E-state index contributed by atoms with van der Waals surface area (Å²) in [6.07, 6.45) is -3.23. The molecular weight excluding hydrogens is 253 g/mol. The molecule has 0 spiro atoms. The monoisotopic (exact) mass is 274 g/mol. The first-order valence-electron chi connectivity index (χ1n) is 6.40. The molecule has 0 aliphatic heterocycles. The van der Waals surface area contributed by atoms with Crippen molar-refractivity contribution in [2.45, 2.75) is 25.6 Å². The molecule has 0 aliphatic rings. The second-order valence-corrected chi connectivity index (χ2v) is 4.81. The van der Waals surface area contributed by atoms with Crippen molar-refractivity contribution >= 4 is 0 Å². The van der Waals surface area contributed by atoms with Crippen LogP contribution in [0, 0.1) is 0 Å². The Morgan fingerprint density at radius 1 is 1.21 bits per heavy atom. The van der Waals surface area contributed by atoms with Crippen LogP contribution in [0.4, 0.5) is 13.2 Å². The van der Waals surface area contributed by atoms with E-state index >= 15 is 0 Å². The van der Waals surface area contributed by atoms with E-state index in [1.165, 1.54) is 5.56 Å². The molecule has 0 fully saturated rings. The van der Waals surface area contributed by atoms with Crippen molar-refractivity contribution in [3.05, 3.63) is 35.9 Å². The summed E-state index contributed by atoms with van der Waals surface area (Å²) in [5.41, 5.74) is 1.24. The number of nitrogens with one attached hydrogen (secondary N) is 1. The minimum Gasteiger partial charge on any atom is -0.307 e. The summed E-state index contributed by atoms with van der Waals surface area (Å²) in [7, 11) is 1.93. The van der Waals surface area contributed by atoms with Gasteiger partial charge in [-0.3, -0.25) is 0 Å². The highest BCUT2D eigenvalue weighted by molar-refractivity contribution is 5.14. The Bertz CT molecular complexity index is 351. The number of benzene rings is 1. The predicted molar refractivity (Wildman–Crippen MR) is 71.2 cm³/mol. The summed E-state index contributed by atoms with van der Waals surface area (Å²) in [6.45, 7) is 2.17. The van der Waals surface area contributed by atoms with Gasteiger partial charge in [-0.1, -0.05) is 30.3 Å². The lowest BCUT2D eigenvalue weighted by Gasteiger charge is -2.25. The first-order chi connectivity index (χ1) is 8.88. The molecule has 1 N–H and O–H groups in total. The van der Waals surface area contributed by atoms with Gasteiger partial charge >= 0.3 is 6.18 Å². The molecule has 108 valence electrons. The van der Waals surface area contributed by atoms with E-state index < -0.39 is 12.7 Å². The van der Waals surface area contributed by atoms with Gasteiger partial charge in [0.15, 0.2) is 0 Å². The van der Waals surface area contributed by atoms with E-state index in [1.54, 1.807) is 0 Å². The van der Waals surface area contributed by atoms with E-state index in [-0.39, 0.29) is 6.04 Å². The SMILES string of the molecule is CC(CNCC(F)(F)F)N(C)CCc1ccccc1. The Balaban J connectivity index is 2.23. The summed E-state index contributed by atoms with van der Waals surface area (Å²) < 4.78 is 36.0. The Morgan fingerprint density at radius 2 is 1.84 bits per heavy atom. The summed E-state index contributed by atoms with van der Waals surface area (Å²) in [6, 6.07) is 10.1. The first kappa shape index (κ1) is 16.0. The number of hydrogen-bond acceptors (Lipinski definition) is 2. The Morgan fingerprint density at radius 3 is 2.42 bits per heavy atom. The number of likely N-dealkylation sites (N-methyl/N-ethyl adjacent to an activating group) is 1. The van der Waals surface area contributed by atoms with Crippen molar-refractivity contribution < 1.29 is 13.2 Å². The van der Waals surface area contributed by atoms with E-state index in [2.05, 4.69) is 22.3 Å². The molecule has 0 bridgehead atoms. The molecule has 1 aromatic carbocycles. The normalized spacial score (nSPS) is 13.8. The summed E-state index contributed by atoms with van der Waals surface area (Å²) in [5, 5.41) is 2.44. The zero-order chi connectivity index (χ0) is 14.3. The summed E-state index contributed by atoms with van der Waals surface area (Å²) >= 11 is 0. The minimum absolute atomic E-state index is 0.0751. The molecule has 0 saturated heterocycles. The minimum atomic E-state index is -4.14. The summed E-state index contributed by atoms with van der Waals surface area (Å²) in [5.74, 6) is 0. The molecular formula is C14H21F3N2. The van der Waals surface area contributed by atoms with Gasteiger partial charge < -0.3 is 10.2 Å². The lowest BCUT2D eigenvalue weighted by atomic mass is 10.1. The molecule has 2 nitrogen and oxygen atoms in total. The molecule has 0 aliphatic carbocycles. The molecule has 1 rings (SSSR count). The highest BCUT2D eigenvalue weighted by Gasteiger charge is 2.26. The molecule has 1 aromatic rings. The van der Waals surface area contributed by atoms with Crippen molar-refractivity contribution in [1.29, 1.82) is 0 Å². The predicted octanol–water partition coefficient (Wildman–Crippen LogP) is 2.70. The molecule has 19 heavy (non-hydrogen) atoms. The van der Waals surface area contributed by atoms with Crippen LogP contribution in [-0.4, -0.2) is 43.8 Å². The molecule has 0 heterocycles. The van der Waals surface area contributed by atoms with Crippen LogP contribution in [0.1, 0.15) is 12.5 Å². The number of halogens is 3. The van der Waals surface area contributed by atoms with Crippen LogP contribution in [0.15, 0.2) is 30.3 Å². The molecule has 5 heteroatoms. The highest BCUT2D eigenvalue weighted by Crippen LogP contribution is 2.12. The molecule has 0 amide bonds. The Kier molecular flexibility index (Phi) is 6.31. The topological polar surface area (TPSA) is 15.3 Å². The van der Waals surface area contributed by atoms with Crippen LogP contribution in [0.5, 0.6) is 0 Å². The lowest BCUT2D eigenvalue weighted by Crippen LogP contribution is -2.41. The lowest BCUT2D eigenvalue weighted by molar-refractivity contribution is -0.125. The van der Waals surface area contributed by atoms with Gasteiger partial charge in [-0.05, 0) is 26.0 Å². The van der Waals surface area contributed by atoms with E-state index in [0.29, 0.717) is 6.54 Å². The fraction of sp³-hybridized carbons (Fsp3) is 0.571. The molecule has 1 unspecified atom stereocenters. The van der Waals surface area contributed by atoms with Gasteiger partial charge in [-0.15, -0.1) is 0 Å². The average Bonchev–Trinajstić information content (AvgIpc) is 2.35. The van der Waals surface area contributed by atoms with Gasteiger partial charge in [0.1, 0.15) is 0 Å². The van der Waals surface area contributed by atoms with Crippen LogP contribution in [0.2, 0.25) is 0 Å². The summed E-state index contributed by atoms with van der Waals surface area (Å²) in [4.78, 5) is 2.07. The fourth-order valence-corrected chi connectivity index (χ4v) is 1.75. The van der Waals surface area contributed by atoms with Crippen LogP contribution in [0.25, 0.3) is 0 Å². The maximum absolute atomic E-state index is 12.0. The molecule has 0 radical (unpaired) electrons. The van der Waals surface area contributed by atoms with Gasteiger partial charge in [0.25, 0.3) is 0 Å². The third-order valence-electron chi connectivity index (χ3n) is 3.11. The third-order valence-corrected chi connectivity index (χ3v) is 3.11. The number of nitrogens with zero attached hydrogens (tertiary/aromatic N) is 1. The average molecular weight is 274 g/mol. The first-order valence-corrected chi connectivity index (χ1v) is 6.40. The standard InChI is InChI=1S/C14H21F3N2/c1-12(10-18-11-14(15,16)17)19(2)9-8-13-6-4-3-5-7-13/h3-7,12,18H,8-11H2,1-2H3. The van der Waals surface area contributed by atoms with Crippen molar-refractivity contribution in [2.75, 3.05) is 26.7 Å². The van der Waals surface area contributed by atoms with Gasteiger partial charge in [0, 0.05) is 19.1 Å². The fourth-order valence-electron chi connectivity index (χ4n) is 1.75. The zero-order valence-electron chi connectivity index (χ0n) is 11.4. The van der Waals surface area contributed by atoms with E-state index in [4.69, 9.17) is 0 Å². The van der Waals surface area contributed by atoms with Crippen LogP contribution in [0.3, 0.4) is 0 Å². The van der Waals surface area contributed by atoms with E-state index in [1.807, 2.05) is 32.2 Å². The number of rotatable bonds is 7. The Labute approximate surface area is 112 Å². The molecule has 0 saturated carbocycles. The molecule has 1 atom stereocenters. The van der Waals surface area contributed by atoms with Crippen LogP contribution in [-0.2, 0) is 6.42 Å². The van der Waals surface area contributed by atoms with Crippen molar-refractivity contribution in [2.24, 2.45) is 0 Å². The number of alkyl halides is 3. The maximum Gasteiger partial charge on any atom is 0.401 e. The van der Waals surface area contributed by atoms with Gasteiger partial charge in [-0.25, -0.2) is 0 Å². The second-order valence-electron chi connectivity index (χ2n) is 4.81. The highest BCUT2D eigenvalue weighted by atomic mass is 19.4. The van der Waals surface area contributed by atoms with Gasteiger partial charge in [-0.2, -0.15) is 13.2 Å². The van der Waals surface area contributed by atoms with Crippen molar-refractivity contribution in [1.82, 2.24) is 10.2 Å². The third kappa shape index (κ3) is 7.18. The van der Waals surface area contributed by atoms with E-state index in [9.17, 15) is 13.2 Å². The maximum atomic E-state index is 12.0. The molecule has 0 aromatic heterocycles. The zero-order valence-corrected chi connectivity index (χ0v) is 11.4. The Hall–Kier alpha value is -1.07. The van der Waals surface area contributed by atoms with Crippen LogP contribution < -0.4 is 5.32 Å². The van der Waals surface area contributed by atoms with Gasteiger partial charge in [0.05, 0.1) is 6.54 Å². The smallest absolute Gasteiger partial charge is 0.307 e. The van der Waals surface area contributed by atoms with E-state index in [0.717, 1.165) is 13.0 Å². The number of hydrogen-bond donors (Lipinski definition) is 1. The largest absolute Gasteiger partial charge is 0.401 e. The van der Waals surface area contributed by atoms with Crippen LogP contribution >= 0.6 is 0 Å². The van der Waals surface area contributed by atoms with Crippen molar-refractivity contribution in [3.63, 3.8) is 0 Å². The second kappa shape index (κ2) is 7.50. The van der Waals surface area contributed by atoms with Gasteiger partial charge in [0.2, 0.25) is 0 Å². The van der Waals surface area contributed by atoms with Crippen molar-refractivity contribution in [3.8, 4) is 0 Å². The quantitative estimate of drug-likeness (QED) is 0.822.